The molecule has 0 radical (unpaired) electrons. The van der Waals surface area contributed by atoms with E-state index in [1.54, 1.807) is 11.8 Å². The number of nitrogens with zero attached hydrogens (tertiary/aromatic N) is 1. The topological polar surface area (TPSA) is 64.4 Å². The molecule has 0 atom stereocenters. The van der Waals surface area contributed by atoms with E-state index in [4.69, 9.17) is 9.15 Å². The number of nitrogens with one attached hydrogen (secondary N) is 1. The molecule has 4 rings (SSSR count). The number of anilines is 1. The Bertz CT molecular complexity index is 1130. The van der Waals surface area contributed by atoms with E-state index in [1.165, 1.54) is 11.3 Å². The first-order valence-electron chi connectivity index (χ1n) is 8.74. The average Bonchev–Trinajstić information content (AvgIpc) is 3.34. The van der Waals surface area contributed by atoms with Gasteiger partial charge in [-0.3, -0.25) is 10.1 Å². The van der Waals surface area contributed by atoms with Crippen LogP contribution in [0.5, 0.6) is 5.75 Å². The Balaban J connectivity index is 1.56. The summed E-state index contributed by atoms with van der Waals surface area (Å²) in [6.45, 7) is 2.57. The highest BCUT2D eigenvalue weighted by molar-refractivity contribution is 7.98. The highest BCUT2D eigenvalue weighted by atomic mass is 32.2. The van der Waals surface area contributed by atoms with Gasteiger partial charge in [-0.2, -0.15) is 0 Å². The summed E-state index contributed by atoms with van der Waals surface area (Å²) in [5, 5.41) is 6.23. The predicted octanol–water partition coefficient (Wildman–Crippen LogP) is 5.93. The van der Waals surface area contributed by atoms with Gasteiger partial charge < -0.3 is 9.15 Å². The summed E-state index contributed by atoms with van der Waals surface area (Å²) in [5.41, 5.74) is 2.09. The van der Waals surface area contributed by atoms with Crippen molar-refractivity contribution >= 4 is 45.1 Å². The van der Waals surface area contributed by atoms with Crippen molar-refractivity contribution in [3.63, 3.8) is 0 Å². The number of amides is 1. The number of hydrogen-bond donors (Lipinski definition) is 1. The second-order valence-electron chi connectivity index (χ2n) is 5.94. The lowest BCUT2D eigenvalue weighted by molar-refractivity contribution is 0.102. The fourth-order valence-electron chi connectivity index (χ4n) is 2.85. The zero-order valence-electron chi connectivity index (χ0n) is 15.4. The number of ether oxygens (including phenoxy) is 1. The standard InChI is InChI=1S/C21H18N2O3S2/c1-3-25-14-8-9-17-13(10-14)11-18(26-17)16-12-28-21(22-16)23-20(24)15-6-4-5-7-19(15)27-2/h4-12H,3H2,1-2H3,(H,22,23,24). The molecule has 2 heterocycles. The minimum atomic E-state index is -0.170. The third-order valence-corrected chi connectivity index (χ3v) is 5.68. The molecule has 0 saturated carbocycles. The van der Waals surface area contributed by atoms with E-state index < -0.39 is 0 Å². The molecule has 7 heteroatoms. The van der Waals surface area contributed by atoms with Crippen molar-refractivity contribution in [3.05, 3.63) is 59.5 Å². The van der Waals surface area contributed by atoms with E-state index in [1.807, 2.05) is 67.1 Å². The number of thiazole rings is 1. The van der Waals surface area contributed by atoms with E-state index in [9.17, 15) is 4.79 Å². The molecule has 5 nitrogen and oxygen atoms in total. The van der Waals surface area contributed by atoms with Gasteiger partial charge in [0.1, 0.15) is 17.0 Å². The molecule has 1 amide bonds. The summed E-state index contributed by atoms with van der Waals surface area (Å²) in [6.07, 6.45) is 1.95. The van der Waals surface area contributed by atoms with Gasteiger partial charge in [0.05, 0.1) is 12.2 Å². The molecule has 0 bridgehead atoms. The van der Waals surface area contributed by atoms with Gasteiger partial charge in [-0.25, -0.2) is 4.98 Å². The van der Waals surface area contributed by atoms with Gasteiger partial charge in [0.15, 0.2) is 10.9 Å². The average molecular weight is 411 g/mol. The van der Waals surface area contributed by atoms with Gasteiger partial charge in [0.25, 0.3) is 5.91 Å². The largest absolute Gasteiger partial charge is 0.494 e. The first kappa shape index (κ1) is 18.6. The fourth-order valence-corrected chi connectivity index (χ4v) is 4.14. The molecular formula is C21H18N2O3S2. The van der Waals surface area contributed by atoms with Crippen molar-refractivity contribution in [2.75, 3.05) is 18.2 Å². The maximum Gasteiger partial charge on any atom is 0.258 e. The lowest BCUT2D eigenvalue weighted by Gasteiger charge is -2.06. The van der Waals surface area contributed by atoms with E-state index >= 15 is 0 Å². The summed E-state index contributed by atoms with van der Waals surface area (Å²) in [7, 11) is 0. The van der Waals surface area contributed by atoms with Crippen LogP contribution in [0, 0.1) is 0 Å². The first-order chi connectivity index (χ1) is 13.7. The molecule has 28 heavy (non-hydrogen) atoms. The van der Waals surface area contributed by atoms with Gasteiger partial charge in [-0.1, -0.05) is 12.1 Å². The van der Waals surface area contributed by atoms with Crippen molar-refractivity contribution in [2.45, 2.75) is 11.8 Å². The number of benzene rings is 2. The van der Waals surface area contributed by atoms with Crippen molar-refractivity contribution in [1.29, 1.82) is 0 Å². The lowest BCUT2D eigenvalue weighted by Crippen LogP contribution is -2.12. The molecule has 0 aliphatic heterocycles. The Kier molecular flexibility index (Phi) is 5.36. The van der Waals surface area contributed by atoms with Gasteiger partial charge in [-0.15, -0.1) is 23.1 Å². The maximum absolute atomic E-state index is 12.6. The summed E-state index contributed by atoms with van der Waals surface area (Å²) >= 11 is 2.91. The molecular weight excluding hydrogens is 392 g/mol. The molecule has 0 aliphatic rings. The molecule has 4 aromatic rings. The number of aromatic nitrogens is 1. The molecule has 0 saturated heterocycles. The highest BCUT2D eigenvalue weighted by Crippen LogP contribution is 2.32. The van der Waals surface area contributed by atoms with Crippen LogP contribution in [0.4, 0.5) is 5.13 Å². The van der Waals surface area contributed by atoms with Crippen molar-refractivity contribution < 1.29 is 13.9 Å². The number of furan rings is 1. The van der Waals surface area contributed by atoms with Crippen LogP contribution in [0.3, 0.4) is 0 Å². The second-order valence-corrected chi connectivity index (χ2v) is 7.64. The monoisotopic (exact) mass is 410 g/mol. The third-order valence-electron chi connectivity index (χ3n) is 4.13. The zero-order chi connectivity index (χ0) is 19.5. The van der Waals surface area contributed by atoms with E-state index in [-0.39, 0.29) is 5.91 Å². The van der Waals surface area contributed by atoms with E-state index in [0.717, 1.165) is 21.6 Å². The number of carbonyl (C=O) groups is 1. The Hall–Kier alpha value is -2.77. The Morgan fingerprint density at radius 1 is 1.25 bits per heavy atom. The highest BCUT2D eigenvalue weighted by Gasteiger charge is 2.15. The van der Waals surface area contributed by atoms with Crippen LogP contribution in [-0.4, -0.2) is 23.8 Å². The Labute approximate surface area is 170 Å². The minimum absolute atomic E-state index is 0.170. The van der Waals surface area contributed by atoms with Crippen molar-refractivity contribution in [2.24, 2.45) is 0 Å². The molecule has 142 valence electrons. The smallest absolute Gasteiger partial charge is 0.258 e. The SMILES string of the molecule is CCOc1ccc2oc(-c3csc(NC(=O)c4ccccc4SC)n3)cc2c1. The molecule has 0 spiro atoms. The molecule has 2 aromatic carbocycles. The third kappa shape index (κ3) is 3.76. The van der Waals surface area contributed by atoms with E-state index in [2.05, 4.69) is 10.3 Å². The summed E-state index contributed by atoms with van der Waals surface area (Å²) in [6, 6.07) is 15.2. The van der Waals surface area contributed by atoms with Gasteiger partial charge in [-0.05, 0) is 49.6 Å². The minimum Gasteiger partial charge on any atom is -0.494 e. The number of rotatable bonds is 6. The van der Waals surface area contributed by atoms with Crippen molar-refractivity contribution in [1.82, 2.24) is 4.98 Å². The lowest BCUT2D eigenvalue weighted by atomic mass is 10.2. The van der Waals surface area contributed by atoms with Crippen LogP contribution in [0.1, 0.15) is 17.3 Å². The molecule has 0 aliphatic carbocycles. The fraction of sp³-hybridized carbons (Fsp3) is 0.143. The van der Waals surface area contributed by atoms with Crippen molar-refractivity contribution in [3.8, 4) is 17.2 Å². The van der Waals surface area contributed by atoms with Crippen LogP contribution in [0.15, 0.2) is 63.2 Å². The van der Waals surface area contributed by atoms with Gasteiger partial charge >= 0.3 is 0 Å². The number of hydrogen-bond acceptors (Lipinski definition) is 6. The molecule has 2 aromatic heterocycles. The molecule has 0 fully saturated rings. The normalized spacial score (nSPS) is 10.9. The molecule has 0 unspecified atom stereocenters. The molecule has 1 N–H and O–H groups in total. The number of fused-ring (bicyclic) bond motifs is 1. The summed E-state index contributed by atoms with van der Waals surface area (Å²) < 4.78 is 11.4. The van der Waals surface area contributed by atoms with Crippen LogP contribution in [-0.2, 0) is 0 Å². The Morgan fingerprint density at radius 3 is 2.93 bits per heavy atom. The second kappa shape index (κ2) is 8.08. The van der Waals surface area contributed by atoms with Gasteiger partial charge in [0, 0.05) is 15.7 Å². The number of thioether (sulfide) groups is 1. The maximum atomic E-state index is 12.6. The quantitative estimate of drug-likeness (QED) is 0.399. The summed E-state index contributed by atoms with van der Waals surface area (Å²) in [4.78, 5) is 18.0. The zero-order valence-corrected chi connectivity index (χ0v) is 17.0. The van der Waals surface area contributed by atoms with E-state index in [0.29, 0.717) is 28.8 Å². The van der Waals surface area contributed by atoms with Crippen LogP contribution in [0.2, 0.25) is 0 Å². The van der Waals surface area contributed by atoms with Crippen LogP contribution >= 0.6 is 23.1 Å². The number of carbonyl (C=O) groups excluding carboxylic acids is 1. The predicted molar refractivity (Wildman–Crippen MR) is 115 cm³/mol. The van der Waals surface area contributed by atoms with Crippen LogP contribution < -0.4 is 10.1 Å². The van der Waals surface area contributed by atoms with Gasteiger partial charge in [0.2, 0.25) is 0 Å². The summed E-state index contributed by atoms with van der Waals surface area (Å²) in [5.74, 6) is 1.29. The first-order valence-corrected chi connectivity index (χ1v) is 10.8. The van der Waals surface area contributed by atoms with Crippen LogP contribution in [0.25, 0.3) is 22.4 Å². The Morgan fingerprint density at radius 2 is 2.11 bits per heavy atom.